The standard InChI is InChI=1S/C13H22BrN3O/c1-4-9-12(14)10(17(2)16-9)8-11(15)13(18-3)6-5-7-13/h11H,4-8,15H2,1-3H3. The van der Waals surface area contributed by atoms with Gasteiger partial charge in [-0.25, -0.2) is 0 Å². The molecule has 18 heavy (non-hydrogen) atoms. The summed E-state index contributed by atoms with van der Waals surface area (Å²) in [6.45, 7) is 2.11. The van der Waals surface area contributed by atoms with Crippen molar-refractivity contribution >= 4 is 15.9 Å². The highest BCUT2D eigenvalue weighted by Gasteiger charge is 2.43. The van der Waals surface area contributed by atoms with Crippen LogP contribution in [0.1, 0.15) is 37.6 Å². The highest BCUT2D eigenvalue weighted by molar-refractivity contribution is 9.10. The van der Waals surface area contributed by atoms with E-state index in [4.69, 9.17) is 10.5 Å². The molecule has 1 aliphatic carbocycles. The van der Waals surface area contributed by atoms with Crippen LogP contribution >= 0.6 is 15.9 Å². The van der Waals surface area contributed by atoms with E-state index in [1.165, 1.54) is 12.1 Å². The summed E-state index contributed by atoms with van der Waals surface area (Å²) >= 11 is 3.64. The third-order valence-corrected chi connectivity index (χ3v) is 5.11. The molecule has 1 aromatic heterocycles. The van der Waals surface area contributed by atoms with E-state index < -0.39 is 0 Å². The molecule has 102 valence electrons. The highest BCUT2D eigenvalue weighted by Crippen LogP contribution is 2.39. The van der Waals surface area contributed by atoms with Crippen molar-refractivity contribution in [1.29, 1.82) is 0 Å². The zero-order valence-corrected chi connectivity index (χ0v) is 13.0. The summed E-state index contributed by atoms with van der Waals surface area (Å²) in [5.74, 6) is 0. The third kappa shape index (κ3) is 2.24. The van der Waals surface area contributed by atoms with Gasteiger partial charge in [0.25, 0.3) is 0 Å². The molecule has 2 rings (SSSR count). The number of aryl methyl sites for hydroxylation is 2. The zero-order chi connectivity index (χ0) is 13.3. The Kier molecular flexibility index (Phi) is 4.14. The van der Waals surface area contributed by atoms with Crippen LogP contribution in [0.3, 0.4) is 0 Å². The van der Waals surface area contributed by atoms with Crippen LogP contribution < -0.4 is 5.73 Å². The van der Waals surface area contributed by atoms with Gasteiger partial charge >= 0.3 is 0 Å². The molecule has 2 N–H and O–H groups in total. The molecule has 1 aromatic rings. The maximum absolute atomic E-state index is 6.36. The van der Waals surface area contributed by atoms with Gasteiger partial charge in [0.1, 0.15) is 0 Å². The number of nitrogens with zero attached hydrogens (tertiary/aromatic N) is 2. The predicted molar refractivity (Wildman–Crippen MR) is 75.6 cm³/mol. The molecule has 0 aliphatic heterocycles. The van der Waals surface area contributed by atoms with Crippen molar-refractivity contribution in [3.8, 4) is 0 Å². The summed E-state index contributed by atoms with van der Waals surface area (Å²) < 4.78 is 8.69. The molecule has 0 spiro atoms. The van der Waals surface area contributed by atoms with Crippen molar-refractivity contribution in [2.75, 3.05) is 7.11 Å². The molecule has 1 aliphatic rings. The first-order valence-corrected chi connectivity index (χ1v) is 7.34. The minimum Gasteiger partial charge on any atom is -0.377 e. The number of nitrogens with two attached hydrogens (primary N) is 1. The number of hydrogen-bond donors (Lipinski definition) is 1. The van der Waals surface area contributed by atoms with E-state index in [2.05, 4.69) is 28.0 Å². The summed E-state index contributed by atoms with van der Waals surface area (Å²) in [7, 11) is 3.75. The smallest absolute Gasteiger partial charge is 0.0832 e. The fourth-order valence-electron chi connectivity index (χ4n) is 2.69. The molecule has 4 nitrogen and oxygen atoms in total. The number of hydrogen-bond acceptors (Lipinski definition) is 3. The van der Waals surface area contributed by atoms with Crippen molar-refractivity contribution in [1.82, 2.24) is 9.78 Å². The second-order valence-electron chi connectivity index (χ2n) is 5.12. The molecule has 0 amide bonds. The molecule has 1 saturated carbocycles. The number of aromatic nitrogens is 2. The van der Waals surface area contributed by atoms with Gasteiger partial charge < -0.3 is 10.5 Å². The molecule has 5 heteroatoms. The van der Waals surface area contributed by atoms with Gasteiger partial charge in [0, 0.05) is 26.6 Å². The molecule has 0 aromatic carbocycles. The Morgan fingerprint density at radius 3 is 2.61 bits per heavy atom. The summed E-state index contributed by atoms with van der Waals surface area (Å²) in [4.78, 5) is 0. The molecule has 1 atom stereocenters. The molecule has 1 heterocycles. The summed E-state index contributed by atoms with van der Waals surface area (Å²) in [6, 6.07) is 0.0349. The Balaban J connectivity index is 2.16. The maximum Gasteiger partial charge on any atom is 0.0832 e. The number of ether oxygens (including phenoxy) is 1. The lowest BCUT2D eigenvalue weighted by molar-refractivity contribution is -0.0900. The van der Waals surface area contributed by atoms with Crippen molar-refractivity contribution in [3.63, 3.8) is 0 Å². The van der Waals surface area contributed by atoms with Crippen LogP contribution in [0.4, 0.5) is 0 Å². The van der Waals surface area contributed by atoms with E-state index in [1.54, 1.807) is 7.11 Å². The Labute approximate surface area is 117 Å². The van der Waals surface area contributed by atoms with Gasteiger partial charge in [-0.2, -0.15) is 5.10 Å². The second kappa shape index (κ2) is 5.31. The topological polar surface area (TPSA) is 53.1 Å². The van der Waals surface area contributed by atoms with Gasteiger partial charge in [-0.15, -0.1) is 0 Å². The minimum absolute atomic E-state index is 0.0349. The van der Waals surface area contributed by atoms with Crippen LogP contribution in [0.25, 0.3) is 0 Å². The van der Waals surface area contributed by atoms with Gasteiger partial charge in [0.2, 0.25) is 0 Å². The lowest BCUT2D eigenvalue weighted by Crippen LogP contribution is -2.55. The SMILES string of the molecule is CCc1nn(C)c(CC(N)C2(OC)CCC2)c1Br. The summed E-state index contributed by atoms with van der Waals surface area (Å²) in [6.07, 6.45) is 5.09. The first kappa shape index (κ1) is 14.0. The van der Waals surface area contributed by atoms with Crippen LogP contribution in [0, 0.1) is 0 Å². The predicted octanol–water partition coefficient (Wildman–Crippen LogP) is 2.18. The average molecular weight is 316 g/mol. The first-order chi connectivity index (χ1) is 8.54. The average Bonchev–Trinajstić information content (AvgIpc) is 2.56. The number of halogens is 1. The van der Waals surface area contributed by atoms with Crippen LogP contribution in [-0.2, 0) is 24.6 Å². The van der Waals surface area contributed by atoms with E-state index in [0.29, 0.717) is 0 Å². The lowest BCUT2D eigenvalue weighted by Gasteiger charge is -2.45. The Morgan fingerprint density at radius 1 is 1.56 bits per heavy atom. The maximum atomic E-state index is 6.36. The van der Waals surface area contributed by atoms with Crippen molar-refractivity contribution in [2.45, 2.75) is 50.7 Å². The molecule has 0 saturated heterocycles. The van der Waals surface area contributed by atoms with E-state index in [9.17, 15) is 0 Å². The Hall–Kier alpha value is -0.390. The molecule has 0 radical (unpaired) electrons. The lowest BCUT2D eigenvalue weighted by atomic mass is 9.73. The van der Waals surface area contributed by atoms with Gasteiger partial charge in [0.15, 0.2) is 0 Å². The molecular weight excluding hydrogens is 294 g/mol. The van der Waals surface area contributed by atoms with E-state index in [0.717, 1.165) is 35.8 Å². The van der Waals surface area contributed by atoms with Crippen molar-refractivity contribution in [2.24, 2.45) is 12.8 Å². The van der Waals surface area contributed by atoms with Crippen molar-refractivity contribution in [3.05, 3.63) is 15.9 Å². The Bertz CT molecular complexity index is 421. The summed E-state index contributed by atoms with van der Waals surface area (Å²) in [5, 5.41) is 4.51. The van der Waals surface area contributed by atoms with E-state index >= 15 is 0 Å². The normalized spacial score (nSPS) is 19.6. The zero-order valence-electron chi connectivity index (χ0n) is 11.4. The van der Waals surface area contributed by atoms with Crippen molar-refractivity contribution < 1.29 is 4.74 Å². The quantitative estimate of drug-likeness (QED) is 0.906. The minimum atomic E-state index is -0.115. The van der Waals surface area contributed by atoms with E-state index in [-0.39, 0.29) is 11.6 Å². The van der Waals surface area contributed by atoms with Gasteiger partial charge in [0.05, 0.1) is 21.5 Å². The summed E-state index contributed by atoms with van der Waals surface area (Å²) in [5.41, 5.74) is 8.51. The molecule has 0 bridgehead atoms. The van der Waals surface area contributed by atoms with Gasteiger partial charge in [-0.3, -0.25) is 4.68 Å². The molecular formula is C13H22BrN3O. The Morgan fingerprint density at radius 2 is 2.22 bits per heavy atom. The second-order valence-corrected chi connectivity index (χ2v) is 5.91. The first-order valence-electron chi connectivity index (χ1n) is 6.55. The molecule has 1 unspecified atom stereocenters. The van der Waals surface area contributed by atoms with E-state index in [1.807, 2.05) is 11.7 Å². The largest absolute Gasteiger partial charge is 0.377 e. The van der Waals surface area contributed by atoms with Crippen LogP contribution in [0.2, 0.25) is 0 Å². The fourth-order valence-corrected chi connectivity index (χ4v) is 3.47. The monoisotopic (exact) mass is 315 g/mol. The van der Waals surface area contributed by atoms with Crippen LogP contribution in [-0.4, -0.2) is 28.5 Å². The van der Waals surface area contributed by atoms with Gasteiger partial charge in [-0.1, -0.05) is 6.92 Å². The molecule has 1 fully saturated rings. The highest BCUT2D eigenvalue weighted by atomic mass is 79.9. The number of rotatable bonds is 5. The third-order valence-electron chi connectivity index (χ3n) is 4.20. The van der Waals surface area contributed by atoms with Crippen LogP contribution in [0.15, 0.2) is 4.47 Å². The van der Waals surface area contributed by atoms with Gasteiger partial charge in [-0.05, 0) is 41.6 Å². The number of methoxy groups -OCH3 is 1. The van der Waals surface area contributed by atoms with Crippen LogP contribution in [0.5, 0.6) is 0 Å². The fraction of sp³-hybridized carbons (Fsp3) is 0.769.